The first-order chi connectivity index (χ1) is 13.4. The molecule has 2 aromatic heterocycles. The summed E-state index contributed by atoms with van der Waals surface area (Å²) in [5, 5.41) is 0.789. The minimum atomic E-state index is -0.358. The smallest absolute Gasteiger partial charge is 0.303 e. The second-order valence-electron chi connectivity index (χ2n) is 6.65. The zero-order valence-corrected chi connectivity index (χ0v) is 16.9. The highest BCUT2D eigenvalue weighted by molar-refractivity contribution is 7.99. The van der Waals surface area contributed by atoms with Gasteiger partial charge in [0, 0.05) is 30.8 Å². The van der Waals surface area contributed by atoms with Crippen LogP contribution in [0.15, 0.2) is 58.7 Å². The fraction of sp³-hybridized carbons (Fsp3) is 0.286. The molecule has 0 bridgehead atoms. The highest BCUT2D eigenvalue weighted by atomic mass is 32.2. The molecule has 28 heavy (non-hydrogen) atoms. The lowest BCUT2D eigenvalue weighted by atomic mass is 10.1. The van der Waals surface area contributed by atoms with E-state index in [1.807, 2.05) is 18.2 Å². The number of aromatic nitrogens is 3. The van der Waals surface area contributed by atoms with Crippen molar-refractivity contribution in [2.24, 2.45) is 0 Å². The van der Waals surface area contributed by atoms with Gasteiger partial charge in [-0.3, -0.25) is 9.78 Å². The van der Waals surface area contributed by atoms with Crippen LogP contribution in [0, 0.1) is 5.82 Å². The van der Waals surface area contributed by atoms with Crippen molar-refractivity contribution in [2.75, 3.05) is 0 Å². The van der Waals surface area contributed by atoms with Gasteiger partial charge in [-0.05, 0) is 41.8 Å². The molecule has 7 heteroatoms. The predicted molar refractivity (Wildman–Crippen MR) is 106 cm³/mol. The number of pyridine rings is 1. The molecule has 0 unspecified atom stereocenters. The highest BCUT2D eigenvalue weighted by Crippen LogP contribution is 2.35. The molecule has 0 saturated carbocycles. The van der Waals surface area contributed by atoms with Gasteiger partial charge in [0.1, 0.15) is 23.3 Å². The van der Waals surface area contributed by atoms with Crippen molar-refractivity contribution >= 4 is 17.7 Å². The third kappa shape index (κ3) is 4.98. The lowest BCUT2D eigenvalue weighted by Gasteiger charge is -2.15. The van der Waals surface area contributed by atoms with E-state index in [1.54, 1.807) is 18.5 Å². The van der Waals surface area contributed by atoms with Crippen LogP contribution >= 0.6 is 11.8 Å². The van der Waals surface area contributed by atoms with Crippen molar-refractivity contribution in [3.63, 3.8) is 0 Å². The van der Waals surface area contributed by atoms with E-state index in [4.69, 9.17) is 9.72 Å². The Balaban J connectivity index is 2.02. The third-order valence-corrected chi connectivity index (χ3v) is 5.09. The Morgan fingerprint density at radius 2 is 2.00 bits per heavy atom. The van der Waals surface area contributed by atoms with Gasteiger partial charge in [-0.25, -0.2) is 9.37 Å². The maximum absolute atomic E-state index is 13.6. The SMILES string of the molecule is CC(=O)OCc1nc(Sc2cccc(F)c2)c(C(C)C)n1Cc1ccncc1. The third-order valence-electron chi connectivity index (χ3n) is 4.10. The molecule has 0 aliphatic heterocycles. The molecule has 0 aliphatic carbocycles. The van der Waals surface area contributed by atoms with Gasteiger partial charge in [0.25, 0.3) is 0 Å². The van der Waals surface area contributed by atoms with Crippen LogP contribution in [0.5, 0.6) is 0 Å². The lowest BCUT2D eigenvalue weighted by Crippen LogP contribution is -2.12. The molecule has 0 radical (unpaired) electrons. The number of carbonyl (C=O) groups excluding carboxylic acids is 1. The van der Waals surface area contributed by atoms with Crippen LogP contribution in [0.1, 0.15) is 43.8 Å². The van der Waals surface area contributed by atoms with Gasteiger partial charge in [-0.15, -0.1) is 0 Å². The molecule has 0 saturated heterocycles. The first kappa shape index (κ1) is 20.1. The summed E-state index contributed by atoms with van der Waals surface area (Å²) >= 11 is 1.41. The van der Waals surface area contributed by atoms with E-state index in [1.165, 1.54) is 30.8 Å². The maximum Gasteiger partial charge on any atom is 0.303 e. The quantitative estimate of drug-likeness (QED) is 0.534. The van der Waals surface area contributed by atoms with Gasteiger partial charge in [0.05, 0.1) is 5.69 Å². The molecule has 5 nitrogen and oxygen atoms in total. The minimum Gasteiger partial charge on any atom is -0.458 e. The Kier molecular flexibility index (Phi) is 6.46. The predicted octanol–water partition coefficient (Wildman–Crippen LogP) is 4.80. The Labute approximate surface area is 168 Å². The average Bonchev–Trinajstić information content (AvgIpc) is 2.98. The Morgan fingerprint density at radius 3 is 2.64 bits per heavy atom. The van der Waals surface area contributed by atoms with E-state index in [-0.39, 0.29) is 24.3 Å². The van der Waals surface area contributed by atoms with Crippen molar-refractivity contribution in [1.82, 2.24) is 14.5 Å². The van der Waals surface area contributed by atoms with E-state index >= 15 is 0 Å². The van der Waals surface area contributed by atoms with Crippen LogP contribution in [0.4, 0.5) is 4.39 Å². The normalized spacial score (nSPS) is 11.0. The van der Waals surface area contributed by atoms with E-state index < -0.39 is 0 Å². The summed E-state index contributed by atoms with van der Waals surface area (Å²) in [5.41, 5.74) is 2.09. The molecule has 1 aromatic carbocycles. The van der Waals surface area contributed by atoms with Crippen molar-refractivity contribution < 1.29 is 13.9 Å². The molecule has 2 heterocycles. The molecule has 0 fully saturated rings. The first-order valence-electron chi connectivity index (χ1n) is 8.99. The van der Waals surface area contributed by atoms with Crippen LogP contribution in [-0.4, -0.2) is 20.5 Å². The second kappa shape index (κ2) is 9.01. The van der Waals surface area contributed by atoms with E-state index in [9.17, 15) is 9.18 Å². The molecular weight excluding hydrogens is 377 g/mol. The van der Waals surface area contributed by atoms with Crippen LogP contribution in [0.2, 0.25) is 0 Å². The van der Waals surface area contributed by atoms with Crippen molar-refractivity contribution in [1.29, 1.82) is 0 Å². The van der Waals surface area contributed by atoms with Crippen LogP contribution in [0.3, 0.4) is 0 Å². The maximum atomic E-state index is 13.6. The minimum absolute atomic E-state index is 0.0872. The fourth-order valence-corrected chi connectivity index (χ4v) is 4.03. The number of rotatable bonds is 7. The summed E-state index contributed by atoms with van der Waals surface area (Å²) < 4.78 is 20.9. The second-order valence-corrected chi connectivity index (χ2v) is 7.72. The monoisotopic (exact) mass is 399 g/mol. The number of ether oxygens (including phenoxy) is 1. The summed E-state index contributed by atoms with van der Waals surface area (Å²) in [6, 6.07) is 10.3. The molecule has 3 rings (SSSR count). The molecule has 3 aromatic rings. The summed E-state index contributed by atoms with van der Waals surface area (Å²) in [6.45, 7) is 6.23. The number of carbonyl (C=O) groups is 1. The van der Waals surface area contributed by atoms with Gasteiger partial charge < -0.3 is 9.30 Å². The zero-order valence-electron chi connectivity index (χ0n) is 16.1. The van der Waals surface area contributed by atoms with E-state index in [0.717, 1.165) is 21.2 Å². The number of benzene rings is 1. The Bertz CT molecular complexity index is 958. The fourth-order valence-electron chi connectivity index (χ4n) is 2.89. The summed E-state index contributed by atoms with van der Waals surface area (Å²) in [7, 11) is 0. The van der Waals surface area contributed by atoms with Gasteiger partial charge in [-0.2, -0.15) is 0 Å². The molecule has 0 N–H and O–H groups in total. The largest absolute Gasteiger partial charge is 0.458 e. The molecule has 0 spiro atoms. The molecule has 146 valence electrons. The number of esters is 1. The number of imidazole rings is 1. The van der Waals surface area contributed by atoms with Crippen LogP contribution < -0.4 is 0 Å². The standard InChI is InChI=1S/C21H22FN3O2S/c1-14(2)20-21(28-18-6-4-5-17(22)11-18)24-19(13-27-15(3)26)25(20)12-16-7-9-23-10-8-16/h4-11,14H,12-13H2,1-3H3. The topological polar surface area (TPSA) is 57.0 Å². The number of hydrogen-bond donors (Lipinski definition) is 0. The van der Waals surface area contributed by atoms with Crippen molar-refractivity contribution in [3.05, 3.63) is 71.7 Å². The molecule has 0 amide bonds. The number of halogens is 1. The number of hydrogen-bond acceptors (Lipinski definition) is 5. The zero-order chi connectivity index (χ0) is 20.1. The van der Waals surface area contributed by atoms with Gasteiger partial charge in [-0.1, -0.05) is 31.7 Å². The van der Waals surface area contributed by atoms with Crippen LogP contribution in [-0.2, 0) is 22.7 Å². The Hall–Kier alpha value is -2.67. The van der Waals surface area contributed by atoms with Gasteiger partial charge in [0.2, 0.25) is 0 Å². The van der Waals surface area contributed by atoms with Crippen molar-refractivity contribution in [3.8, 4) is 0 Å². The Morgan fingerprint density at radius 1 is 1.25 bits per heavy atom. The number of nitrogens with zero attached hydrogens (tertiary/aromatic N) is 3. The lowest BCUT2D eigenvalue weighted by molar-refractivity contribution is -0.142. The van der Waals surface area contributed by atoms with Crippen molar-refractivity contribution in [2.45, 2.75) is 49.8 Å². The molecule has 0 aliphatic rings. The summed E-state index contributed by atoms with van der Waals surface area (Å²) in [4.78, 5) is 20.9. The van der Waals surface area contributed by atoms with Gasteiger partial charge in [0.15, 0.2) is 0 Å². The van der Waals surface area contributed by atoms with Crippen LogP contribution in [0.25, 0.3) is 0 Å². The average molecular weight is 399 g/mol. The van der Waals surface area contributed by atoms with Gasteiger partial charge >= 0.3 is 5.97 Å². The van der Waals surface area contributed by atoms with E-state index in [2.05, 4.69) is 23.4 Å². The molecular formula is C21H22FN3O2S. The first-order valence-corrected chi connectivity index (χ1v) is 9.80. The molecule has 0 atom stereocenters. The summed E-state index contributed by atoms with van der Waals surface area (Å²) in [6.07, 6.45) is 3.49. The van der Waals surface area contributed by atoms with E-state index in [0.29, 0.717) is 12.4 Å². The summed E-state index contributed by atoms with van der Waals surface area (Å²) in [5.74, 6) is 0.197. The highest BCUT2D eigenvalue weighted by Gasteiger charge is 2.21.